The Kier molecular flexibility index (Phi) is 4.80. The van der Waals surface area contributed by atoms with Gasteiger partial charge in [-0.15, -0.1) is 0 Å². The van der Waals surface area contributed by atoms with Crippen LogP contribution >= 0.6 is 0 Å². The number of likely N-dealkylation sites (tertiary alicyclic amines) is 1. The number of nitrogens with one attached hydrogen (secondary N) is 1. The van der Waals surface area contributed by atoms with Gasteiger partial charge in [-0.05, 0) is 38.8 Å². The van der Waals surface area contributed by atoms with Gasteiger partial charge in [0.15, 0.2) is 0 Å². The van der Waals surface area contributed by atoms with Gasteiger partial charge in [0, 0.05) is 25.7 Å². The second kappa shape index (κ2) is 6.36. The molecule has 0 aromatic heterocycles. The zero-order chi connectivity index (χ0) is 12.1. The van der Waals surface area contributed by atoms with Crippen LogP contribution in [0.2, 0.25) is 0 Å². The number of rotatable bonds is 3. The molecule has 0 aromatic rings. The van der Waals surface area contributed by atoms with E-state index in [0.29, 0.717) is 18.5 Å². The van der Waals surface area contributed by atoms with Crippen molar-refractivity contribution in [2.45, 2.75) is 38.6 Å². The lowest BCUT2D eigenvalue weighted by Crippen LogP contribution is -2.43. The lowest BCUT2D eigenvalue weighted by molar-refractivity contribution is -0.133. The average molecular weight is 239 g/mol. The summed E-state index contributed by atoms with van der Waals surface area (Å²) in [5, 5.41) is 3.37. The van der Waals surface area contributed by atoms with E-state index in [1.54, 1.807) is 0 Å². The van der Waals surface area contributed by atoms with E-state index in [9.17, 15) is 4.79 Å². The van der Waals surface area contributed by atoms with Crippen LogP contribution in [-0.4, -0.2) is 61.0 Å². The Morgan fingerprint density at radius 3 is 2.94 bits per heavy atom. The molecule has 2 aliphatic heterocycles. The topological polar surface area (TPSA) is 35.6 Å². The standard InChI is InChI=1S/C13H25N3O/c1-2-12-5-3-9-16(12)13(17)11-15-8-4-6-14-7-10-15/h12,14H,2-11H2,1H3. The highest BCUT2D eigenvalue weighted by Gasteiger charge is 2.28. The van der Waals surface area contributed by atoms with Crippen molar-refractivity contribution >= 4 is 5.91 Å². The van der Waals surface area contributed by atoms with Crippen LogP contribution in [-0.2, 0) is 4.79 Å². The fourth-order valence-corrected chi connectivity index (χ4v) is 2.93. The lowest BCUT2D eigenvalue weighted by atomic mass is 10.2. The maximum absolute atomic E-state index is 12.3. The number of nitrogens with zero attached hydrogens (tertiary/aromatic N) is 2. The minimum absolute atomic E-state index is 0.344. The van der Waals surface area contributed by atoms with Crippen LogP contribution in [0, 0.1) is 0 Å². The molecule has 17 heavy (non-hydrogen) atoms. The van der Waals surface area contributed by atoms with E-state index in [0.717, 1.165) is 45.6 Å². The molecule has 1 atom stereocenters. The van der Waals surface area contributed by atoms with Crippen LogP contribution in [0.3, 0.4) is 0 Å². The molecule has 2 fully saturated rings. The van der Waals surface area contributed by atoms with Crippen molar-refractivity contribution in [1.29, 1.82) is 0 Å². The summed E-state index contributed by atoms with van der Waals surface area (Å²) >= 11 is 0. The van der Waals surface area contributed by atoms with Gasteiger partial charge in [0.25, 0.3) is 0 Å². The van der Waals surface area contributed by atoms with Crippen molar-refractivity contribution in [1.82, 2.24) is 15.1 Å². The van der Waals surface area contributed by atoms with Crippen LogP contribution in [0.15, 0.2) is 0 Å². The molecule has 1 amide bonds. The van der Waals surface area contributed by atoms with Gasteiger partial charge in [-0.3, -0.25) is 9.69 Å². The van der Waals surface area contributed by atoms with E-state index in [-0.39, 0.29) is 0 Å². The van der Waals surface area contributed by atoms with Gasteiger partial charge < -0.3 is 10.2 Å². The summed E-state index contributed by atoms with van der Waals surface area (Å²) in [7, 11) is 0. The first-order valence-electron chi connectivity index (χ1n) is 7.04. The molecule has 1 N–H and O–H groups in total. The molecule has 0 bridgehead atoms. The first-order chi connectivity index (χ1) is 8.31. The molecule has 2 aliphatic rings. The van der Waals surface area contributed by atoms with Gasteiger partial charge >= 0.3 is 0 Å². The second-order valence-corrected chi connectivity index (χ2v) is 5.17. The van der Waals surface area contributed by atoms with Gasteiger partial charge in [-0.25, -0.2) is 0 Å². The molecule has 4 nitrogen and oxygen atoms in total. The second-order valence-electron chi connectivity index (χ2n) is 5.17. The molecule has 2 saturated heterocycles. The molecule has 4 heteroatoms. The summed E-state index contributed by atoms with van der Waals surface area (Å²) in [6, 6.07) is 0.507. The molecule has 0 spiro atoms. The highest BCUT2D eigenvalue weighted by molar-refractivity contribution is 5.78. The third kappa shape index (κ3) is 3.42. The van der Waals surface area contributed by atoms with Crippen molar-refractivity contribution in [2.24, 2.45) is 0 Å². The van der Waals surface area contributed by atoms with Crippen LogP contribution in [0.5, 0.6) is 0 Å². The van der Waals surface area contributed by atoms with Gasteiger partial charge in [-0.1, -0.05) is 6.92 Å². The Labute approximate surface area is 104 Å². The third-order valence-electron chi connectivity index (χ3n) is 3.96. The number of carbonyl (C=O) groups excluding carboxylic acids is 1. The van der Waals surface area contributed by atoms with Crippen molar-refractivity contribution in [3.63, 3.8) is 0 Å². The van der Waals surface area contributed by atoms with E-state index < -0.39 is 0 Å². The summed E-state index contributed by atoms with van der Waals surface area (Å²) in [5.74, 6) is 0.344. The predicted molar refractivity (Wildman–Crippen MR) is 69.0 cm³/mol. The summed E-state index contributed by atoms with van der Waals surface area (Å²) in [4.78, 5) is 16.7. The SMILES string of the molecule is CCC1CCCN1C(=O)CN1CCCNCC1. The number of carbonyl (C=O) groups is 1. The highest BCUT2D eigenvalue weighted by atomic mass is 16.2. The zero-order valence-electron chi connectivity index (χ0n) is 11.0. The summed E-state index contributed by atoms with van der Waals surface area (Å²) in [6.45, 7) is 7.96. The van der Waals surface area contributed by atoms with E-state index in [1.165, 1.54) is 12.8 Å². The maximum atomic E-state index is 12.3. The lowest BCUT2D eigenvalue weighted by Gasteiger charge is -2.27. The van der Waals surface area contributed by atoms with Crippen molar-refractivity contribution in [3.05, 3.63) is 0 Å². The van der Waals surface area contributed by atoms with Crippen LogP contribution in [0.25, 0.3) is 0 Å². The van der Waals surface area contributed by atoms with Crippen molar-refractivity contribution < 1.29 is 4.79 Å². The van der Waals surface area contributed by atoms with E-state index in [4.69, 9.17) is 0 Å². The Bertz CT molecular complexity index is 249. The Morgan fingerprint density at radius 1 is 1.24 bits per heavy atom. The Hall–Kier alpha value is -0.610. The number of hydrogen-bond acceptors (Lipinski definition) is 3. The summed E-state index contributed by atoms with van der Waals surface area (Å²) < 4.78 is 0. The first kappa shape index (κ1) is 12.8. The quantitative estimate of drug-likeness (QED) is 0.787. The van der Waals surface area contributed by atoms with Crippen LogP contribution in [0.4, 0.5) is 0 Å². The molecule has 0 aromatic carbocycles. The first-order valence-corrected chi connectivity index (χ1v) is 7.04. The fourth-order valence-electron chi connectivity index (χ4n) is 2.93. The largest absolute Gasteiger partial charge is 0.339 e. The molecule has 2 rings (SSSR count). The van der Waals surface area contributed by atoms with Crippen LogP contribution < -0.4 is 5.32 Å². The zero-order valence-corrected chi connectivity index (χ0v) is 11.0. The Balaban J connectivity index is 1.82. The van der Waals surface area contributed by atoms with Gasteiger partial charge in [-0.2, -0.15) is 0 Å². The highest BCUT2D eigenvalue weighted by Crippen LogP contribution is 2.19. The molecular weight excluding hydrogens is 214 g/mol. The third-order valence-corrected chi connectivity index (χ3v) is 3.96. The molecule has 0 saturated carbocycles. The van der Waals surface area contributed by atoms with Crippen LogP contribution in [0.1, 0.15) is 32.6 Å². The van der Waals surface area contributed by atoms with Gasteiger partial charge in [0.2, 0.25) is 5.91 Å². The van der Waals surface area contributed by atoms with E-state index in [2.05, 4.69) is 22.0 Å². The normalized spacial score (nSPS) is 27.1. The monoisotopic (exact) mass is 239 g/mol. The molecule has 0 radical (unpaired) electrons. The minimum atomic E-state index is 0.344. The smallest absolute Gasteiger partial charge is 0.236 e. The van der Waals surface area contributed by atoms with Crippen molar-refractivity contribution in [3.8, 4) is 0 Å². The number of amides is 1. The average Bonchev–Trinajstić information content (AvgIpc) is 2.68. The van der Waals surface area contributed by atoms with Crippen molar-refractivity contribution in [2.75, 3.05) is 39.3 Å². The van der Waals surface area contributed by atoms with E-state index >= 15 is 0 Å². The molecule has 0 aliphatic carbocycles. The molecule has 2 heterocycles. The molecular formula is C13H25N3O. The summed E-state index contributed by atoms with van der Waals surface area (Å²) in [6.07, 6.45) is 4.65. The fraction of sp³-hybridized carbons (Fsp3) is 0.923. The minimum Gasteiger partial charge on any atom is -0.339 e. The van der Waals surface area contributed by atoms with E-state index in [1.807, 2.05) is 0 Å². The molecule has 98 valence electrons. The summed E-state index contributed by atoms with van der Waals surface area (Å²) in [5.41, 5.74) is 0. The maximum Gasteiger partial charge on any atom is 0.236 e. The predicted octanol–water partition coefficient (Wildman–Crippen LogP) is 0.683. The van der Waals surface area contributed by atoms with Gasteiger partial charge in [0.05, 0.1) is 6.54 Å². The Morgan fingerprint density at radius 2 is 2.12 bits per heavy atom. The van der Waals surface area contributed by atoms with Gasteiger partial charge in [0.1, 0.15) is 0 Å². The molecule has 1 unspecified atom stereocenters. The number of hydrogen-bond donors (Lipinski definition) is 1.